The van der Waals surface area contributed by atoms with E-state index in [1.54, 1.807) is 0 Å². The molecule has 0 aromatic heterocycles. The SMILES string of the molecule is CN(C)c1ccc([C@@H](CNC(=O)Cc2ccc(Cl)cc2)N2CCN(c3ccccc3)CC2)cc1. The van der Waals surface area contributed by atoms with Crippen LogP contribution in [0.5, 0.6) is 0 Å². The second-order valence-corrected chi connectivity index (χ2v) is 9.40. The van der Waals surface area contributed by atoms with Gasteiger partial charge in [0.25, 0.3) is 0 Å². The number of nitrogens with one attached hydrogen (secondary N) is 1. The van der Waals surface area contributed by atoms with Crippen molar-refractivity contribution < 1.29 is 4.79 Å². The Hall–Kier alpha value is -3.02. The Bertz CT molecular complexity index is 1050. The third-order valence-electron chi connectivity index (χ3n) is 6.44. The lowest BCUT2D eigenvalue weighted by Crippen LogP contribution is -2.50. The fraction of sp³-hybridized carbons (Fsp3) is 0.321. The second kappa shape index (κ2) is 11.4. The fourth-order valence-electron chi connectivity index (χ4n) is 4.44. The van der Waals surface area contributed by atoms with E-state index in [0.29, 0.717) is 18.0 Å². The van der Waals surface area contributed by atoms with E-state index in [-0.39, 0.29) is 11.9 Å². The van der Waals surface area contributed by atoms with Crippen molar-refractivity contribution in [1.29, 1.82) is 0 Å². The summed E-state index contributed by atoms with van der Waals surface area (Å²) in [5, 5.41) is 3.86. The first-order valence-corrected chi connectivity index (χ1v) is 12.2. The third kappa shape index (κ3) is 6.31. The normalized spacial score (nSPS) is 15.1. The molecule has 0 radical (unpaired) electrons. The molecule has 1 amide bonds. The minimum absolute atomic E-state index is 0.0279. The zero-order valence-electron chi connectivity index (χ0n) is 20.0. The molecule has 1 saturated heterocycles. The molecule has 0 saturated carbocycles. The lowest BCUT2D eigenvalue weighted by atomic mass is 10.0. The Morgan fingerprint density at radius 3 is 2.18 bits per heavy atom. The quantitative estimate of drug-likeness (QED) is 0.514. The molecule has 5 nitrogen and oxygen atoms in total. The molecule has 1 heterocycles. The minimum atomic E-state index is 0.0279. The zero-order chi connectivity index (χ0) is 23.9. The average Bonchev–Trinajstić information content (AvgIpc) is 2.87. The molecule has 0 unspecified atom stereocenters. The maximum absolute atomic E-state index is 12.7. The Kier molecular flexibility index (Phi) is 8.09. The Balaban J connectivity index is 1.43. The van der Waals surface area contributed by atoms with E-state index in [9.17, 15) is 4.79 Å². The first-order valence-electron chi connectivity index (χ1n) is 11.8. The number of benzene rings is 3. The highest BCUT2D eigenvalue weighted by atomic mass is 35.5. The van der Waals surface area contributed by atoms with Gasteiger partial charge in [-0.15, -0.1) is 0 Å². The largest absolute Gasteiger partial charge is 0.378 e. The molecule has 0 spiro atoms. The van der Waals surface area contributed by atoms with Gasteiger partial charge in [0.15, 0.2) is 0 Å². The van der Waals surface area contributed by atoms with E-state index in [0.717, 1.165) is 31.7 Å². The van der Waals surface area contributed by atoms with Gasteiger partial charge in [0.1, 0.15) is 0 Å². The van der Waals surface area contributed by atoms with Crippen molar-refractivity contribution >= 4 is 28.9 Å². The molecule has 4 rings (SSSR count). The molecule has 1 atom stereocenters. The van der Waals surface area contributed by atoms with Gasteiger partial charge in [0, 0.05) is 63.2 Å². The zero-order valence-corrected chi connectivity index (χ0v) is 20.7. The topological polar surface area (TPSA) is 38.8 Å². The summed E-state index contributed by atoms with van der Waals surface area (Å²) in [5.41, 5.74) is 4.63. The lowest BCUT2D eigenvalue weighted by Gasteiger charge is -2.40. The molecule has 6 heteroatoms. The molecule has 1 aliphatic heterocycles. The predicted octanol–water partition coefficient (Wildman–Crippen LogP) is 4.63. The molecule has 3 aromatic carbocycles. The van der Waals surface area contributed by atoms with Crippen LogP contribution in [0.2, 0.25) is 5.02 Å². The number of carbonyl (C=O) groups is 1. The van der Waals surface area contributed by atoms with Crippen molar-refractivity contribution in [2.45, 2.75) is 12.5 Å². The van der Waals surface area contributed by atoms with Crippen molar-refractivity contribution in [3.05, 3.63) is 95.0 Å². The maximum Gasteiger partial charge on any atom is 0.224 e. The van der Waals surface area contributed by atoms with Gasteiger partial charge in [-0.25, -0.2) is 0 Å². The fourth-order valence-corrected chi connectivity index (χ4v) is 4.57. The molecule has 1 fully saturated rings. The van der Waals surface area contributed by atoms with Crippen LogP contribution in [0.4, 0.5) is 11.4 Å². The van der Waals surface area contributed by atoms with Crippen LogP contribution in [0.1, 0.15) is 17.2 Å². The number of hydrogen-bond acceptors (Lipinski definition) is 4. The standard InChI is InChI=1S/C28H33ClN4O/c1-31(2)25-14-10-23(11-15-25)27(21-30-28(34)20-22-8-12-24(29)13-9-22)33-18-16-32(17-19-33)26-6-4-3-5-7-26/h3-15,27H,16-21H2,1-2H3,(H,30,34)/t27-/m1/s1. The molecule has 178 valence electrons. The molecular formula is C28H33ClN4O. The third-order valence-corrected chi connectivity index (χ3v) is 6.69. The van der Waals surface area contributed by atoms with Crippen LogP contribution in [0, 0.1) is 0 Å². The number of piperazine rings is 1. The number of hydrogen-bond donors (Lipinski definition) is 1. The van der Waals surface area contributed by atoms with Gasteiger partial charge in [0.2, 0.25) is 5.91 Å². The van der Waals surface area contributed by atoms with E-state index in [4.69, 9.17) is 11.6 Å². The maximum atomic E-state index is 12.7. The highest BCUT2D eigenvalue weighted by Crippen LogP contribution is 2.26. The molecular weight excluding hydrogens is 444 g/mol. The van der Waals surface area contributed by atoms with Crippen LogP contribution in [-0.4, -0.2) is 57.6 Å². The predicted molar refractivity (Wildman–Crippen MR) is 142 cm³/mol. The Morgan fingerprint density at radius 2 is 1.56 bits per heavy atom. The summed E-state index contributed by atoms with van der Waals surface area (Å²) in [6.45, 7) is 4.41. The van der Waals surface area contributed by atoms with Gasteiger partial charge in [-0.05, 0) is 47.5 Å². The molecule has 0 bridgehead atoms. The van der Waals surface area contributed by atoms with E-state index in [2.05, 4.69) is 74.6 Å². The molecule has 1 N–H and O–H groups in total. The Labute approximate surface area is 207 Å². The van der Waals surface area contributed by atoms with E-state index in [1.165, 1.54) is 16.9 Å². The first kappa shape index (κ1) is 24.1. The van der Waals surface area contributed by atoms with E-state index < -0.39 is 0 Å². The van der Waals surface area contributed by atoms with Crippen molar-refractivity contribution in [3.63, 3.8) is 0 Å². The minimum Gasteiger partial charge on any atom is -0.378 e. The van der Waals surface area contributed by atoms with E-state index >= 15 is 0 Å². The average molecular weight is 477 g/mol. The van der Waals surface area contributed by atoms with Gasteiger partial charge in [-0.2, -0.15) is 0 Å². The van der Waals surface area contributed by atoms with Crippen LogP contribution >= 0.6 is 11.6 Å². The second-order valence-electron chi connectivity index (χ2n) is 8.97. The molecule has 34 heavy (non-hydrogen) atoms. The van der Waals surface area contributed by atoms with E-state index in [1.807, 2.05) is 38.4 Å². The summed E-state index contributed by atoms with van der Waals surface area (Å²) in [6.07, 6.45) is 0.352. The number of amides is 1. The van der Waals surface area contributed by atoms with Gasteiger partial charge >= 0.3 is 0 Å². The Morgan fingerprint density at radius 1 is 0.912 bits per heavy atom. The molecule has 1 aliphatic rings. The van der Waals surface area contributed by atoms with Crippen LogP contribution in [0.25, 0.3) is 0 Å². The summed E-state index contributed by atoms with van der Waals surface area (Å²) < 4.78 is 0. The number of para-hydroxylation sites is 1. The number of carbonyl (C=O) groups excluding carboxylic acids is 1. The monoisotopic (exact) mass is 476 g/mol. The summed E-state index contributed by atoms with van der Waals surface area (Å²) in [7, 11) is 4.10. The van der Waals surface area contributed by atoms with Crippen molar-refractivity contribution in [2.75, 3.05) is 56.6 Å². The number of nitrogens with zero attached hydrogens (tertiary/aromatic N) is 3. The van der Waals surface area contributed by atoms with Gasteiger partial charge in [0.05, 0.1) is 12.5 Å². The van der Waals surface area contributed by atoms with Crippen molar-refractivity contribution in [1.82, 2.24) is 10.2 Å². The van der Waals surface area contributed by atoms with Crippen LogP contribution in [0.15, 0.2) is 78.9 Å². The number of halogens is 1. The summed E-state index contributed by atoms with van der Waals surface area (Å²) in [6, 6.07) is 26.8. The summed E-state index contributed by atoms with van der Waals surface area (Å²) >= 11 is 5.97. The highest BCUT2D eigenvalue weighted by Gasteiger charge is 2.26. The van der Waals surface area contributed by atoms with Gasteiger partial charge < -0.3 is 15.1 Å². The van der Waals surface area contributed by atoms with Crippen LogP contribution in [-0.2, 0) is 11.2 Å². The van der Waals surface area contributed by atoms with Crippen LogP contribution < -0.4 is 15.1 Å². The number of anilines is 2. The van der Waals surface area contributed by atoms with Gasteiger partial charge in [-0.3, -0.25) is 9.69 Å². The van der Waals surface area contributed by atoms with Crippen molar-refractivity contribution in [2.24, 2.45) is 0 Å². The number of rotatable bonds is 8. The summed E-state index contributed by atoms with van der Waals surface area (Å²) in [5.74, 6) is 0.0279. The highest BCUT2D eigenvalue weighted by molar-refractivity contribution is 6.30. The van der Waals surface area contributed by atoms with Gasteiger partial charge in [-0.1, -0.05) is 54.1 Å². The van der Waals surface area contributed by atoms with Crippen molar-refractivity contribution in [3.8, 4) is 0 Å². The summed E-state index contributed by atoms with van der Waals surface area (Å²) in [4.78, 5) is 19.7. The molecule has 0 aliphatic carbocycles. The lowest BCUT2D eigenvalue weighted by molar-refractivity contribution is -0.120. The van der Waals surface area contributed by atoms with Crippen LogP contribution in [0.3, 0.4) is 0 Å². The molecule has 3 aromatic rings. The first-order chi connectivity index (χ1) is 16.5. The smallest absolute Gasteiger partial charge is 0.224 e.